The van der Waals surface area contributed by atoms with E-state index < -0.39 is 10.0 Å². The molecule has 0 saturated carbocycles. The first-order valence-electron chi connectivity index (χ1n) is 7.10. The van der Waals surface area contributed by atoms with Crippen LogP contribution in [0.1, 0.15) is 29.2 Å². The van der Waals surface area contributed by atoms with Crippen LogP contribution in [-0.4, -0.2) is 19.8 Å². The Morgan fingerprint density at radius 2 is 1.95 bits per heavy atom. The van der Waals surface area contributed by atoms with E-state index in [9.17, 15) is 8.42 Å². The molecule has 0 amide bonds. The molecule has 0 heterocycles. The lowest BCUT2D eigenvalue weighted by Gasteiger charge is -2.24. The van der Waals surface area contributed by atoms with Crippen LogP contribution in [-0.2, 0) is 16.4 Å². The van der Waals surface area contributed by atoms with Gasteiger partial charge in [-0.15, -0.1) is 0 Å². The largest absolute Gasteiger partial charge is 0.243 e. The third-order valence-corrected chi connectivity index (χ3v) is 6.04. The van der Waals surface area contributed by atoms with Crippen LogP contribution in [0.4, 0.5) is 0 Å². The summed E-state index contributed by atoms with van der Waals surface area (Å²) in [5, 5.41) is 8.95. The van der Waals surface area contributed by atoms with E-state index in [1.165, 1.54) is 22.0 Å². The maximum atomic E-state index is 12.8. The molecule has 0 aliphatic heterocycles. The molecule has 0 aromatic heterocycles. The number of fused-ring (bicyclic) bond motifs is 1. The first-order chi connectivity index (χ1) is 10.5. The van der Waals surface area contributed by atoms with Gasteiger partial charge in [-0.1, -0.05) is 30.3 Å². The van der Waals surface area contributed by atoms with Gasteiger partial charge in [-0.25, -0.2) is 8.42 Å². The minimum absolute atomic E-state index is 0.146. The molecule has 1 aliphatic carbocycles. The van der Waals surface area contributed by atoms with Gasteiger partial charge in [-0.2, -0.15) is 9.57 Å². The van der Waals surface area contributed by atoms with Gasteiger partial charge in [0, 0.05) is 7.05 Å². The SMILES string of the molecule is CN([C@@H]1CCc2ccccc21)S(=O)(=O)c1cccc(C#N)c1. The number of hydrogen-bond acceptors (Lipinski definition) is 3. The summed E-state index contributed by atoms with van der Waals surface area (Å²) < 4.78 is 27.1. The smallest absolute Gasteiger partial charge is 0.207 e. The van der Waals surface area contributed by atoms with E-state index in [0.29, 0.717) is 5.56 Å². The van der Waals surface area contributed by atoms with E-state index in [0.717, 1.165) is 18.4 Å². The van der Waals surface area contributed by atoms with Crippen LogP contribution in [0.2, 0.25) is 0 Å². The minimum atomic E-state index is -3.62. The highest BCUT2D eigenvalue weighted by atomic mass is 32.2. The minimum Gasteiger partial charge on any atom is -0.207 e. The van der Waals surface area contributed by atoms with Crippen LogP contribution >= 0.6 is 0 Å². The van der Waals surface area contributed by atoms with Crippen molar-refractivity contribution in [2.24, 2.45) is 0 Å². The van der Waals surface area contributed by atoms with Crippen LogP contribution < -0.4 is 0 Å². The number of benzene rings is 2. The third kappa shape index (κ3) is 2.41. The average molecular weight is 312 g/mol. The number of sulfonamides is 1. The van der Waals surface area contributed by atoms with E-state index in [2.05, 4.69) is 0 Å². The van der Waals surface area contributed by atoms with Gasteiger partial charge in [-0.05, 0) is 42.2 Å². The summed E-state index contributed by atoms with van der Waals surface area (Å²) in [5.74, 6) is 0. The summed E-state index contributed by atoms with van der Waals surface area (Å²) in [7, 11) is -2.00. The van der Waals surface area contributed by atoms with Crippen LogP contribution in [0.25, 0.3) is 0 Å². The van der Waals surface area contributed by atoms with Gasteiger partial charge in [0.15, 0.2) is 0 Å². The molecule has 22 heavy (non-hydrogen) atoms. The fraction of sp³-hybridized carbons (Fsp3) is 0.235. The fourth-order valence-electron chi connectivity index (χ4n) is 2.97. The predicted molar refractivity (Wildman–Crippen MR) is 83.6 cm³/mol. The van der Waals surface area contributed by atoms with E-state index in [1.54, 1.807) is 19.2 Å². The lowest BCUT2D eigenvalue weighted by molar-refractivity contribution is 0.374. The topological polar surface area (TPSA) is 61.2 Å². The molecule has 0 radical (unpaired) electrons. The lowest BCUT2D eigenvalue weighted by atomic mass is 10.1. The molecule has 0 bridgehead atoms. The zero-order valence-electron chi connectivity index (χ0n) is 12.2. The van der Waals surface area contributed by atoms with Gasteiger partial charge in [0.2, 0.25) is 10.0 Å². The van der Waals surface area contributed by atoms with Crippen LogP contribution in [0.3, 0.4) is 0 Å². The number of aryl methyl sites for hydroxylation is 1. The van der Waals surface area contributed by atoms with E-state index in [4.69, 9.17) is 5.26 Å². The lowest BCUT2D eigenvalue weighted by Crippen LogP contribution is -2.30. The highest BCUT2D eigenvalue weighted by Gasteiger charge is 2.33. The zero-order chi connectivity index (χ0) is 15.7. The van der Waals surface area contributed by atoms with E-state index >= 15 is 0 Å². The highest BCUT2D eigenvalue weighted by Crippen LogP contribution is 2.37. The molecule has 1 aliphatic rings. The Morgan fingerprint density at radius 3 is 2.73 bits per heavy atom. The summed E-state index contributed by atoms with van der Waals surface area (Å²) in [4.78, 5) is 0.165. The van der Waals surface area contributed by atoms with Crippen LogP contribution in [0.15, 0.2) is 53.4 Å². The van der Waals surface area contributed by atoms with E-state index in [-0.39, 0.29) is 10.9 Å². The normalized spacial score (nSPS) is 17.2. The van der Waals surface area contributed by atoms with Crippen molar-refractivity contribution in [1.29, 1.82) is 5.26 Å². The molecule has 3 rings (SSSR count). The number of rotatable bonds is 3. The Kier molecular flexibility index (Phi) is 3.73. The van der Waals surface area contributed by atoms with Gasteiger partial charge >= 0.3 is 0 Å². The zero-order valence-corrected chi connectivity index (χ0v) is 13.0. The maximum Gasteiger partial charge on any atom is 0.243 e. The van der Waals surface area contributed by atoms with Gasteiger partial charge in [0.1, 0.15) is 0 Å². The number of nitrogens with zero attached hydrogens (tertiary/aromatic N) is 2. The Labute approximate surface area is 130 Å². The third-order valence-electron chi connectivity index (χ3n) is 4.18. The van der Waals surface area contributed by atoms with Crippen molar-refractivity contribution < 1.29 is 8.42 Å². The van der Waals surface area contributed by atoms with Gasteiger partial charge in [0.25, 0.3) is 0 Å². The Hall–Kier alpha value is -2.16. The second kappa shape index (κ2) is 5.56. The molecule has 5 heteroatoms. The Morgan fingerprint density at radius 1 is 1.18 bits per heavy atom. The molecule has 0 fully saturated rings. The molecule has 112 valence electrons. The first kappa shape index (κ1) is 14.8. The Balaban J connectivity index is 1.98. The molecule has 2 aromatic carbocycles. The summed E-state index contributed by atoms with van der Waals surface area (Å²) in [6, 6.07) is 15.9. The van der Waals surface area contributed by atoms with Crippen molar-refractivity contribution in [1.82, 2.24) is 4.31 Å². The van der Waals surface area contributed by atoms with Crippen LogP contribution in [0, 0.1) is 11.3 Å². The fourth-order valence-corrected chi connectivity index (χ4v) is 4.39. The average Bonchev–Trinajstić information content (AvgIpc) is 2.98. The molecule has 0 spiro atoms. The van der Waals surface area contributed by atoms with Crippen molar-refractivity contribution in [2.75, 3.05) is 7.05 Å². The molecule has 0 saturated heterocycles. The first-order valence-corrected chi connectivity index (χ1v) is 8.54. The second-order valence-corrected chi connectivity index (χ2v) is 7.41. The molecular weight excluding hydrogens is 296 g/mol. The number of nitriles is 1. The molecule has 0 N–H and O–H groups in total. The summed E-state index contributed by atoms with van der Waals surface area (Å²) >= 11 is 0. The van der Waals surface area contributed by atoms with Crippen molar-refractivity contribution in [3.63, 3.8) is 0 Å². The second-order valence-electron chi connectivity index (χ2n) is 5.41. The summed E-state index contributed by atoms with van der Waals surface area (Å²) in [6.07, 6.45) is 1.67. The van der Waals surface area contributed by atoms with Gasteiger partial charge < -0.3 is 0 Å². The molecular formula is C17H16N2O2S. The van der Waals surface area contributed by atoms with Crippen molar-refractivity contribution in [3.8, 4) is 6.07 Å². The van der Waals surface area contributed by atoms with Crippen molar-refractivity contribution in [2.45, 2.75) is 23.8 Å². The molecule has 2 aromatic rings. The molecule has 1 atom stereocenters. The molecule has 4 nitrogen and oxygen atoms in total. The monoisotopic (exact) mass is 312 g/mol. The highest BCUT2D eigenvalue weighted by molar-refractivity contribution is 7.89. The predicted octanol–water partition coefficient (Wildman–Crippen LogP) is 2.87. The van der Waals surface area contributed by atoms with Crippen molar-refractivity contribution in [3.05, 3.63) is 65.2 Å². The summed E-state index contributed by atoms with van der Waals surface area (Å²) in [6.45, 7) is 0. The van der Waals surface area contributed by atoms with Gasteiger partial charge in [-0.3, -0.25) is 0 Å². The quantitative estimate of drug-likeness (QED) is 0.875. The number of hydrogen-bond donors (Lipinski definition) is 0. The van der Waals surface area contributed by atoms with Crippen LogP contribution in [0.5, 0.6) is 0 Å². The van der Waals surface area contributed by atoms with Gasteiger partial charge in [0.05, 0.1) is 22.6 Å². The van der Waals surface area contributed by atoms with Crippen molar-refractivity contribution >= 4 is 10.0 Å². The standard InChI is InChI=1S/C17H16N2O2S/c1-19(17-10-9-14-6-2-3-8-16(14)17)22(20,21)15-7-4-5-13(11-15)12-18/h2-8,11,17H,9-10H2,1H3/t17-/m1/s1. The summed E-state index contributed by atoms with van der Waals surface area (Å²) in [5.41, 5.74) is 2.63. The maximum absolute atomic E-state index is 12.8. The van der Waals surface area contributed by atoms with E-state index in [1.807, 2.05) is 30.3 Å². The Bertz CT molecular complexity index is 853. The molecule has 0 unspecified atom stereocenters.